The molecule has 2 heterocycles. The molecule has 4 rings (SSSR count). The molecule has 2 aromatic carbocycles. The maximum atomic E-state index is 10.4. The molecule has 0 saturated carbocycles. The minimum Gasteiger partial charge on any atom is -0.369 e. The summed E-state index contributed by atoms with van der Waals surface area (Å²) in [6, 6.07) is 15.9. The normalized spacial score (nSPS) is 18.2. The number of fused-ring (bicyclic) bond motifs is 2. The van der Waals surface area contributed by atoms with Crippen LogP contribution in [-0.2, 0) is 6.54 Å². The summed E-state index contributed by atoms with van der Waals surface area (Å²) >= 11 is 0. The van der Waals surface area contributed by atoms with E-state index in [1.54, 1.807) is 6.20 Å². The highest BCUT2D eigenvalue weighted by atomic mass is 16.3. The summed E-state index contributed by atoms with van der Waals surface area (Å²) in [4.78, 5) is 4.38. The van der Waals surface area contributed by atoms with Crippen LogP contribution in [0.4, 0.5) is 5.69 Å². The topological polar surface area (TPSA) is 71.2 Å². The van der Waals surface area contributed by atoms with E-state index in [4.69, 9.17) is 5.73 Å². The summed E-state index contributed by atoms with van der Waals surface area (Å²) in [7, 11) is 0. The van der Waals surface area contributed by atoms with Gasteiger partial charge in [-0.15, -0.1) is 0 Å². The van der Waals surface area contributed by atoms with Gasteiger partial charge >= 0.3 is 0 Å². The molecule has 1 aromatic heterocycles. The molecule has 1 unspecified atom stereocenters. The molecule has 1 aliphatic rings. The van der Waals surface area contributed by atoms with Gasteiger partial charge in [0.2, 0.25) is 0 Å². The second-order valence-electron chi connectivity index (χ2n) is 5.65. The van der Waals surface area contributed by atoms with E-state index in [1.165, 1.54) is 0 Å². The van der Waals surface area contributed by atoms with Crippen molar-refractivity contribution in [2.24, 2.45) is 5.73 Å². The first-order chi connectivity index (χ1) is 11.3. The standard InChI is InChI=1S/C19H17N3O/c20-11-12-5-6-18-15(9-12)16(19(23)22-18)10-13-7-8-21-17-4-2-1-3-14(13)17/h1-10,19,22-23H,11,20H2. The number of benzene rings is 2. The molecule has 0 radical (unpaired) electrons. The number of nitrogens with zero attached hydrogens (tertiary/aromatic N) is 1. The number of nitrogens with two attached hydrogens (primary N) is 1. The van der Waals surface area contributed by atoms with Crippen LogP contribution in [-0.4, -0.2) is 16.3 Å². The highest BCUT2D eigenvalue weighted by Crippen LogP contribution is 2.36. The van der Waals surface area contributed by atoms with Crippen molar-refractivity contribution in [3.8, 4) is 0 Å². The van der Waals surface area contributed by atoms with E-state index in [1.807, 2.05) is 54.6 Å². The first kappa shape index (κ1) is 13.9. The summed E-state index contributed by atoms with van der Waals surface area (Å²) in [6.07, 6.45) is 3.10. The largest absolute Gasteiger partial charge is 0.369 e. The predicted molar refractivity (Wildman–Crippen MR) is 93.6 cm³/mol. The second kappa shape index (κ2) is 5.50. The molecule has 0 bridgehead atoms. The fraction of sp³-hybridized carbons (Fsp3) is 0.105. The Morgan fingerprint density at radius 3 is 2.91 bits per heavy atom. The van der Waals surface area contributed by atoms with Crippen molar-refractivity contribution in [1.29, 1.82) is 0 Å². The summed E-state index contributed by atoms with van der Waals surface area (Å²) in [6.45, 7) is 0.481. The monoisotopic (exact) mass is 303 g/mol. The minimum absolute atomic E-state index is 0.481. The molecular formula is C19H17N3O. The van der Waals surface area contributed by atoms with Crippen LogP contribution >= 0.6 is 0 Å². The Balaban J connectivity index is 1.89. The quantitative estimate of drug-likeness (QED) is 0.680. The Morgan fingerprint density at radius 2 is 2.04 bits per heavy atom. The van der Waals surface area contributed by atoms with E-state index in [0.29, 0.717) is 6.54 Å². The van der Waals surface area contributed by atoms with Crippen LogP contribution in [0.25, 0.3) is 22.6 Å². The van der Waals surface area contributed by atoms with Crippen LogP contribution in [0.15, 0.2) is 54.7 Å². The second-order valence-corrected chi connectivity index (χ2v) is 5.65. The van der Waals surface area contributed by atoms with Crippen molar-refractivity contribution in [3.05, 3.63) is 71.4 Å². The molecule has 0 amide bonds. The van der Waals surface area contributed by atoms with E-state index in [0.717, 1.165) is 38.9 Å². The summed E-state index contributed by atoms with van der Waals surface area (Å²) in [5.41, 5.74) is 11.6. The van der Waals surface area contributed by atoms with E-state index in [-0.39, 0.29) is 0 Å². The molecule has 4 heteroatoms. The number of aliphatic hydroxyl groups excluding tert-OH is 1. The molecule has 0 spiro atoms. The molecule has 0 saturated heterocycles. The van der Waals surface area contributed by atoms with Gasteiger partial charge in [0.1, 0.15) is 0 Å². The Morgan fingerprint density at radius 1 is 1.17 bits per heavy atom. The van der Waals surface area contributed by atoms with Gasteiger partial charge in [-0.3, -0.25) is 4.98 Å². The van der Waals surface area contributed by atoms with Gasteiger partial charge < -0.3 is 16.2 Å². The van der Waals surface area contributed by atoms with Crippen LogP contribution in [0.2, 0.25) is 0 Å². The lowest BCUT2D eigenvalue weighted by Gasteiger charge is -2.07. The molecule has 23 heavy (non-hydrogen) atoms. The van der Waals surface area contributed by atoms with Crippen LogP contribution in [0, 0.1) is 0 Å². The first-order valence-electron chi connectivity index (χ1n) is 7.59. The van der Waals surface area contributed by atoms with Gasteiger partial charge in [0.25, 0.3) is 0 Å². The molecule has 4 N–H and O–H groups in total. The molecular weight excluding hydrogens is 286 g/mol. The van der Waals surface area contributed by atoms with Gasteiger partial charge in [0.05, 0.1) is 5.52 Å². The lowest BCUT2D eigenvalue weighted by molar-refractivity contribution is 0.266. The highest BCUT2D eigenvalue weighted by molar-refractivity contribution is 5.99. The average Bonchev–Trinajstić information content (AvgIpc) is 2.90. The summed E-state index contributed by atoms with van der Waals surface area (Å²) in [5.74, 6) is 0. The zero-order valence-corrected chi connectivity index (χ0v) is 12.5. The minimum atomic E-state index is -0.718. The smallest absolute Gasteiger partial charge is 0.151 e. The van der Waals surface area contributed by atoms with E-state index in [2.05, 4.69) is 10.3 Å². The molecule has 1 atom stereocenters. The van der Waals surface area contributed by atoms with Gasteiger partial charge in [-0.2, -0.15) is 0 Å². The molecule has 3 aromatic rings. The third-order valence-corrected chi connectivity index (χ3v) is 4.21. The number of rotatable bonds is 2. The molecule has 0 aliphatic carbocycles. The number of hydrogen-bond acceptors (Lipinski definition) is 4. The fourth-order valence-corrected chi connectivity index (χ4v) is 3.02. The number of anilines is 1. The predicted octanol–water partition coefficient (Wildman–Crippen LogP) is 2.98. The van der Waals surface area contributed by atoms with Crippen molar-refractivity contribution < 1.29 is 5.11 Å². The Bertz CT molecular complexity index is 912. The van der Waals surface area contributed by atoms with Gasteiger partial charge in [0.15, 0.2) is 6.23 Å². The van der Waals surface area contributed by atoms with Gasteiger partial charge in [-0.05, 0) is 41.5 Å². The van der Waals surface area contributed by atoms with Crippen molar-refractivity contribution in [1.82, 2.24) is 4.98 Å². The van der Waals surface area contributed by atoms with Crippen molar-refractivity contribution in [3.63, 3.8) is 0 Å². The average molecular weight is 303 g/mol. The zero-order valence-electron chi connectivity index (χ0n) is 12.5. The molecule has 114 valence electrons. The third-order valence-electron chi connectivity index (χ3n) is 4.21. The van der Waals surface area contributed by atoms with Crippen molar-refractivity contribution >= 4 is 28.2 Å². The van der Waals surface area contributed by atoms with E-state index >= 15 is 0 Å². The van der Waals surface area contributed by atoms with Gasteiger partial charge in [0, 0.05) is 35.0 Å². The number of aliphatic hydroxyl groups is 1. The maximum absolute atomic E-state index is 10.4. The van der Waals surface area contributed by atoms with Crippen LogP contribution in [0.5, 0.6) is 0 Å². The highest BCUT2D eigenvalue weighted by Gasteiger charge is 2.24. The Kier molecular flexibility index (Phi) is 3.33. The van der Waals surface area contributed by atoms with Gasteiger partial charge in [-0.1, -0.05) is 24.3 Å². The molecule has 4 nitrogen and oxygen atoms in total. The lowest BCUT2D eigenvalue weighted by Crippen LogP contribution is -2.12. The zero-order chi connectivity index (χ0) is 15.8. The maximum Gasteiger partial charge on any atom is 0.151 e. The molecule has 0 fully saturated rings. The Hall–Kier alpha value is -2.69. The van der Waals surface area contributed by atoms with Crippen LogP contribution < -0.4 is 11.1 Å². The van der Waals surface area contributed by atoms with E-state index in [9.17, 15) is 5.11 Å². The fourth-order valence-electron chi connectivity index (χ4n) is 3.02. The summed E-state index contributed by atoms with van der Waals surface area (Å²) < 4.78 is 0. The Labute approximate surface area is 134 Å². The first-order valence-corrected chi connectivity index (χ1v) is 7.59. The van der Waals surface area contributed by atoms with Crippen molar-refractivity contribution in [2.45, 2.75) is 12.8 Å². The van der Waals surface area contributed by atoms with E-state index < -0.39 is 6.23 Å². The number of para-hydroxylation sites is 1. The van der Waals surface area contributed by atoms with Crippen LogP contribution in [0.1, 0.15) is 16.7 Å². The van der Waals surface area contributed by atoms with Crippen molar-refractivity contribution in [2.75, 3.05) is 5.32 Å². The third kappa shape index (κ3) is 2.38. The SMILES string of the molecule is NCc1ccc2c(c1)C(=Cc1ccnc3ccccc13)C(O)N2. The summed E-state index contributed by atoms with van der Waals surface area (Å²) in [5, 5.41) is 14.5. The number of aromatic nitrogens is 1. The lowest BCUT2D eigenvalue weighted by atomic mass is 10.00. The van der Waals surface area contributed by atoms with Crippen LogP contribution in [0.3, 0.4) is 0 Å². The number of pyridine rings is 1. The number of hydrogen-bond donors (Lipinski definition) is 3. The van der Waals surface area contributed by atoms with Gasteiger partial charge in [-0.25, -0.2) is 0 Å². The molecule has 1 aliphatic heterocycles. The number of nitrogens with one attached hydrogen (secondary N) is 1.